The van der Waals surface area contributed by atoms with Crippen molar-refractivity contribution >= 4 is 11.6 Å². The number of morpholine rings is 1. The molecule has 7 heteroatoms. The summed E-state index contributed by atoms with van der Waals surface area (Å²) in [5.74, 6) is -0.585. The van der Waals surface area contributed by atoms with Crippen molar-refractivity contribution < 1.29 is 13.9 Å². The van der Waals surface area contributed by atoms with Gasteiger partial charge in [-0.2, -0.15) is 5.10 Å². The lowest BCUT2D eigenvalue weighted by Crippen LogP contribution is -2.30. The molecule has 2 aromatic carbocycles. The zero-order chi connectivity index (χ0) is 18.9. The summed E-state index contributed by atoms with van der Waals surface area (Å²) < 4.78 is 17.9. The van der Waals surface area contributed by atoms with Gasteiger partial charge in [-0.25, -0.2) is 4.39 Å². The maximum atomic E-state index is 12.9. The quantitative estimate of drug-likeness (QED) is 0.664. The van der Waals surface area contributed by atoms with Crippen LogP contribution < -0.4 is 10.6 Å². The molecule has 4 rings (SSSR count). The Balaban J connectivity index is 0.000000299. The number of ether oxygens (including phenoxy) is 1. The van der Waals surface area contributed by atoms with Gasteiger partial charge in [0.2, 0.25) is 0 Å². The number of aromatic nitrogens is 2. The first-order valence-corrected chi connectivity index (χ1v) is 8.68. The van der Waals surface area contributed by atoms with Gasteiger partial charge in [0.1, 0.15) is 11.5 Å². The normalized spacial score (nSPS) is 13.4. The second-order valence-electron chi connectivity index (χ2n) is 5.86. The number of anilines is 1. The predicted octanol–water partition coefficient (Wildman–Crippen LogP) is 3.07. The minimum absolute atomic E-state index is 0.276. The van der Waals surface area contributed by atoms with Crippen LogP contribution in [-0.4, -0.2) is 42.4 Å². The summed E-state index contributed by atoms with van der Waals surface area (Å²) in [4.78, 5) is 12.1. The van der Waals surface area contributed by atoms with E-state index in [0.717, 1.165) is 31.9 Å². The molecule has 0 atom stereocenters. The zero-order valence-corrected chi connectivity index (χ0v) is 14.7. The summed E-state index contributed by atoms with van der Waals surface area (Å²) in [7, 11) is 0. The molecule has 1 aliphatic heterocycles. The van der Waals surface area contributed by atoms with Crippen molar-refractivity contribution in [1.82, 2.24) is 15.5 Å². The lowest BCUT2D eigenvalue weighted by Gasteiger charge is -2.10. The molecule has 0 unspecified atom stereocenters. The highest BCUT2D eigenvalue weighted by atomic mass is 19.1. The van der Waals surface area contributed by atoms with Gasteiger partial charge in [0.15, 0.2) is 0 Å². The number of nitrogens with one attached hydrogen (secondary N) is 3. The van der Waals surface area contributed by atoms with Crippen LogP contribution in [0.25, 0.3) is 11.3 Å². The number of rotatable bonds is 3. The van der Waals surface area contributed by atoms with Crippen LogP contribution in [0, 0.1) is 5.82 Å². The summed E-state index contributed by atoms with van der Waals surface area (Å²) in [6.45, 7) is 3.83. The SMILES string of the molecule is C1COCCN1.O=C(Nc1ccccc1)c1cc(-c2ccc(F)cc2)n[nH]1. The molecule has 0 aliphatic carbocycles. The summed E-state index contributed by atoms with van der Waals surface area (Å²) >= 11 is 0. The summed E-state index contributed by atoms with van der Waals surface area (Å²) in [6.07, 6.45) is 0. The Morgan fingerprint density at radius 1 is 1.04 bits per heavy atom. The maximum absolute atomic E-state index is 12.9. The summed E-state index contributed by atoms with van der Waals surface area (Å²) in [5.41, 5.74) is 2.39. The molecular formula is C20H21FN4O2. The van der Waals surface area contributed by atoms with E-state index in [9.17, 15) is 9.18 Å². The van der Waals surface area contributed by atoms with Gasteiger partial charge in [0.25, 0.3) is 5.91 Å². The van der Waals surface area contributed by atoms with Gasteiger partial charge in [0, 0.05) is 24.3 Å². The number of para-hydroxylation sites is 1. The second kappa shape index (κ2) is 9.61. The summed E-state index contributed by atoms with van der Waals surface area (Å²) in [5, 5.41) is 12.7. The molecule has 140 valence electrons. The monoisotopic (exact) mass is 368 g/mol. The number of halogens is 1. The molecule has 0 spiro atoms. The lowest BCUT2D eigenvalue weighted by molar-refractivity contribution is 0.102. The molecule has 0 radical (unpaired) electrons. The van der Waals surface area contributed by atoms with Gasteiger partial charge in [-0.3, -0.25) is 9.89 Å². The van der Waals surface area contributed by atoms with E-state index in [1.807, 2.05) is 18.2 Å². The first-order chi connectivity index (χ1) is 13.2. The zero-order valence-electron chi connectivity index (χ0n) is 14.7. The van der Waals surface area contributed by atoms with Gasteiger partial charge in [-0.1, -0.05) is 18.2 Å². The fraction of sp³-hybridized carbons (Fsp3) is 0.200. The van der Waals surface area contributed by atoms with Gasteiger partial charge in [0.05, 0.1) is 18.9 Å². The molecule has 1 amide bonds. The predicted molar refractivity (Wildman–Crippen MR) is 102 cm³/mol. The van der Waals surface area contributed by atoms with Crippen molar-refractivity contribution in [1.29, 1.82) is 0 Å². The van der Waals surface area contributed by atoms with Crippen LogP contribution in [0.4, 0.5) is 10.1 Å². The molecule has 1 aliphatic rings. The van der Waals surface area contributed by atoms with Crippen LogP contribution in [0.1, 0.15) is 10.5 Å². The third kappa shape index (κ3) is 5.73. The Kier molecular flexibility index (Phi) is 6.67. The average Bonchev–Trinajstić information content (AvgIpc) is 3.22. The number of H-pyrrole nitrogens is 1. The third-order valence-corrected chi connectivity index (χ3v) is 3.84. The Morgan fingerprint density at radius 2 is 1.74 bits per heavy atom. The van der Waals surface area contributed by atoms with Crippen LogP contribution in [0.2, 0.25) is 0 Å². The van der Waals surface area contributed by atoms with Gasteiger partial charge in [-0.15, -0.1) is 0 Å². The lowest BCUT2D eigenvalue weighted by atomic mass is 10.1. The van der Waals surface area contributed by atoms with Crippen LogP contribution >= 0.6 is 0 Å². The first-order valence-electron chi connectivity index (χ1n) is 8.68. The van der Waals surface area contributed by atoms with Crippen molar-refractivity contribution in [2.75, 3.05) is 31.6 Å². The molecule has 3 N–H and O–H groups in total. The Morgan fingerprint density at radius 3 is 2.33 bits per heavy atom. The Labute approximate surface area is 156 Å². The topological polar surface area (TPSA) is 79.0 Å². The fourth-order valence-corrected chi connectivity index (χ4v) is 2.44. The molecule has 27 heavy (non-hydrogen) atoms. The smallest absolute Gasteiger partial charge is 0.273 e. The van der Waals surface area contributed by atoms with Crippen LogP contribution in [0.5, 0.6) is 0 Å². The molecule has 0 bridgehead atoms. The van der Waals surface area contributed by atoms with Crippen molar-refractivity contribution in [3.05, 3.63) is 72.2 Å². The van der Waals surface area contributed by atoms with Crippen molar-refractivity contribution in [3.8, 4) is 11.3 Å². The highest BCUT2D eigenvalue weighted by Crippen LogP contribution is 2.18. The van der Waals surface area contributed by atoms with E-state index < -0.39 is 0 Å². The molecule has 6 nitrogen and oxygen atoms in total. The average molecular weight is 368 g/mol. The Bertz CT molecular complexity index is 834. The van der Waals surface area contributed by atoms with E-state index in [1.54, 1.807) is 30.3 Å². The molecule has 1 saturated heterocycles. The van der Waals surface area contributed by atoms with Gasteiger partial charge < -0.3 is 15.4 Å². The number of hydrogen-bond acceptors (Lipinski definition) is 4. The standard InChI is InChI=1S/C16H12FN3O.C4H9NO/c17-12-8-6-11(7-9-12)14-10-15(20-19-14)16(21)18-13-4-2-1-3-5-13;1-3-6-4-2-5-1/h1-10H,(H,18,21)(H,19,20);5H,1-4H2. The number of aromatic amines is 1. The third-order valence-electron chi connectivity index (χ3n) is 3.84. The number of nitrogens with zero attached hydrogens (tertiary/aromatic N) is 1. The van der Waals surface area contributed by atoms with Crippen LogP contribution in [-0.2, 0) is 4.74 Å². The number of carbonyl (C=O) groups excluding carboxylic acids is 1. The van der Waals surface area contributed by atoms with Crippen molar-refractivity contribution in [3.63, 3.8) is 0 Å². The van der Waals surface area contributed by atoms with Gasteiger partial charge in [-0.05, 0) is 42.5 Å². The molecule has 3 aromatic rings. The molecule has 1 fully saturated rings. The van der Waals surface area contributed by atoms with Gasteiger partial charge >= 0.3 is 0 Å². The first kappa shape index (κ1) is 18.8. The number of carbonyl (C=O) groups is 1. The maximum Gasteiger partial charge on any atom is 0.273 e. The second-order valence-corrected chi connectivity index (χ2v) is 5.86. The van der Waals surface area contributed by atoms with E-state index in [1.165, 1.54) is 12.1 Å². The van der Waals surface area contributed by atoms with E-state index in [0.29, 0.717) is 17.1 Å². The Hall–Kier alpha value is -3.03. The van der Waals surface area contributed by atoms with Crippen LogP contribution in [0.3, 0.4) is 0 Å². The highest BCUT2D eigenvalue weighted by Gasteiger charge is 2.11. The highest BCUT2D eigenvalue weighted by molar-refractivity contribution is 6.03. The van der Waals surface area contributed by atoms with E-state index in [-0.39, 0.29) is 11.7 Å². The number of benzene rings is 2. The van der Waals surface area contributed by atoms with E-state index in [2.05, 4.69) is 20.8 Å². The largest absolute Gasteiger partial charge is 0.379 e. The van der Waals surface area contributed by atoms with Crippen molar-refractivity contribution in [2.45, 2.75) is 0 Å². The van der Waals surface area contributed by atoms with Crippen LogP contribution in [0.15, 0.2) is 60.7 Å². The minimum atomic E-state index is -0.309. The number of hydrogen-bond donors (Lipinski definition) is 3. The summed E-state index contributed by atoms with van der Waals surface area (Å²) in [6, 6.07) is 16.7. The molecule has 2 heterocycles. The van der Waals surface area contributed by atoms with E-state index >= 15 is 0 Å². The molecule has 0 saturated carbocycles. The number of amides is 1. The fourth-order valence-electron chi connectivity index (χ4n) is 2.44. The van der Waals surface area contributed by atoms with E-state index in [4.69, 9.17) is 4.74 Å². The molecule has 1 aromatic heterocycles. The molecular weight excluding hydrogens is 347 g/mol. The van der Waals surface area contributed by atoms with Crippen molar-refractivity contribution in [2.24, 2.45) is 0 Å². The minimum Gasteiger partial charge on any atom is -0.379 e.